The van der Waals surface area contributed by atoms with Crippen molar-refractivity contribution in [3.05, 3.63) is 35.4 Å². The van der Waals surface area contributed by atoms with Gasteiger partial charge in [-0.3, -0.25) is 0 Å². The average Bonchev–Trinajstić information content (AvgIpc) is 2.68. The first-order valence-electron chi connectivity index (χ1n) is 8.47. The van der Waals surface area contributed by atoms with E-state index in [-0.39, 0.29) is 0 Å². The van der Waals surface area contributed by atoms with E-state index in [1.807, 2.05) is 0 Å². The zero-order chi connectivity index (χ0) is 14.4. The van der Waals surface area contributed by atoms with E-state index in [0.717, 1.165) is 11.8 Å². The highest BCUT2D eigenvalue weighted by molar-refractivity contribution is 5.27. The Hall–Kier alpha value is -0.820. The van der Waals surface area contributed by atoms with Gasteiger partial charge in [-0.15, -0.1) is 0 Å². The fourth-order valence-corrected chi connectivity index (χ4v) is 3.70. The number of benzene rings is 1. The second-order valence-corrected chi connectivity index (χ2v) is 6.86. The molecule has 1 saturated carbocycles. The van der Waals surface area contributed by atoms with Gasteiger partial charge in [0, 0.05) is 6.04 Å². The molecule has 2 rings (SSSR count). The van der Waals surface area contributed by atoms with Crippen LogP contribution in [0.3, 0.4) is 0 Å². The van der Waals surface area contributed by atoms with E-state index in [0.29, 0.717) is 6.04 Å². The van der Waals surface area contributed by atoms with Crippen molar-refractivity contribution in [2.45, 2.75) is 64.8 Å². The molecule has 1 N–H and O–H groups in total. The number of hydrogen-bond acceptors (Lipinski definition) is 1. The second-order valence-electron chi connectivity index (χ2n) is 6.86. The third-order valence-corrected chi connectivity index (χ3v) is 4.64. The highest BCUT2D eigenvalue weighted by Gasteiger charge is 2.22. The minimum absolute atomic E-state index is 0.542. The minimum Gasteiger partial charge on any atom is -0.313 e. The lowest BCUT2D eigenvalue weighted by Gasteiger charge is -2.27. The molecule has 112 valence electrons. The fourth-order valence-electron chi connectivity index (χ4n) is 3.70. The van der Waals surface area contributed by atoms with Crippen LogP contribution in [0.15, 0.2) is 24.3 Å². The van der Waals surface area contributed by atoms with Gasteiger partial charge in [0.25, 0.3) is 0 Å². The summed E-state index contributed by atoms with van der Waals surface area (Å²) in [4.78, 5) is 0. The maximum absolute atomic E-state index is 3.60. The summed E-state index contributed by atoms with van der Waals surface area (Å²) in [6, 6.07) is 9.82. The van der Waals surface area contributed by atoms with Crippen molar-refractivity contribution in [3.8, 4) is 0 Å². The summed E-state index contributed by atoms with van der Waals surface area (Å²) < 4.78 is 0. The molecule has 1 atom stereocenters. The second kappa shape index (κ2) is 7.83. The van der Waals surface area contributed by atoms with Crippen molar-refractivity contribution in [3.63, 3.8) is 0 Å². The quantitative estimate of drug-likeness (QED) is 0.735. The first-order valence-corrected chi connectivity index (χ1v) is 8.47. The molecule has 20 heavy (non-hydrogen) atoms. The molecule has 0 spiro atoms. The van der Waals surface area contributed by atoms with E-state index in [1.165, 1.54) is 56.1 Å². The molecule has 1 aromatic rings. The standard InChI is InChI=1S/C19H31N/c1-15(2)13-16-9-8-12-18(14-16)19(20-3)17-10-6-4-5-7-11-17/h8-9,12,14-15,17,19-20H,4-7,10-11,13H2,1-3H3. The van der Waals surface area contributed by atoms with Crippen LogP contribution in [0.5, 0.6) is 0 Å². The highest BCUT2D eigenvalue weighted by atomic mass is 14.9. The summed E-state index contributed by atoms with van der Waals surface area (Å²) in [5, 5.41) is 3.60. The van der Waals surface area contributed by atoms with Crippen LogP contribution in [0, 0.1) is 11.8 Å². The largest absolute Gasteiger partial charge is 0.313 e. The normalized spacial score (nSPS) is 19.0. The van der Waals surface area contributed by atoms with E-state index in [1.54, 1.807) is 0 Å². The Kier molecular flexibility index (Phi) is 6.09. The molecule has 0 saturated heterocycles. The fraction of sp³-hybridized carbons (Fsp3) is 0.684. The summed E-state index contributed by atoms with van der Waals surface area (Å²) in [5.41, 5.74) is 2.99. The highest BCUT2D eigenvalue weighted by Crippen LogP contribution is 2.33. The molecule has 0 aliphatic heterocycles. The molecule has 1 aliphatic rings. The maximum atomic E-state index is 3.60. The molecule has 1 aliphatic carbocycles. The van der Waals surface area contributed by atoms with Crippen molar-refractivity contribution in [1.29, 1.82) is 0 Å². The van der Waals surface area contributed by atoms with Gasteiger partial charge in [0.15, 0.2) is 0 Å². The van der Waals surface area contributed by atoms with Crippen molar-refractivity contribution < 1.29 is 0 Å². The zero-order valence-corrected chi connectivity index (χ0v) is 13.5. The molecule has 0 bridgehead atoms. The topological polar surface area (TPSA) is 12.0 Å². The van der Waals surface area contributed by atoms with Crippen molar-refractivity contribution in [2.75, 3.05) is 7.05 Å². The Bertz CT molecular complexity index is 389. The van der Waals surface area contributed by atoms with E-state index in [4.69, 9.17) is 0 Å². The summed E-state index contributed by atoms with van der Waals surface area (Å²) >= 11 is 0. The van der Waals surface area contributed by atoms with E-state index in [2.05, 4.69) is 50.5 Å². The monoisotopic (exact) mass is 273 g/mol. The van der Waals surface area contributed by atoms with Gasteiger partial charge in [0.2, 0.25) is 0 Å². The molecule has 1 aromatic carbocycles. The lowest BCUT2D eigenvalue weighted by molar-refractivity contribution is 0.341. The van der Waals surface area contributed by atoms with Crippen molar-refractivity contribution in [2.24, 2.45) is 11.8 Å². The predicted molar refractivity (Wildman–Crippen MR) is 88.0 cm³/mol. The molecule has 1 nitrogen and oxygen atoms in total. The summed E-state index contributed by atoms with van der Waals surface area (Å²) in [6.45, 7) is 4.60. The Balaban J connectivity index is 2.13. The van der Waals surface area contributed by atoms with Gasteiger partial charge in [-0.05, 0) is 49.3 Å². The molecule has 1 fully saturated rings. The average molecular weight is 273 g/mol. The van der Waals surface area contributed by atoms with Gasteiger partial charge < -0.3 is 5.32 Å². The van der Waals surface area contributed by atoms with Gasteiger partial charge in [0.05, 0.1) is 0 Å². The maximum Gasteiger partial charge on any atom is 0.0346 e. The lowest BCUT2D eigenvalue weighted by Crippen LogP contribution is -2.25. The van der Waals surface area contributed by atoms with Crippen LogP contribution in [0.4, 0.5) is 0 Å². The first kappa shape index (κ1) is 15.6. The molecular formula is C19H31N. The number of rotatable bonds is 5. The van der Waals surface area contributed by atoms with Crippen LogP contribution in [0.1, 0.15) is 69.5 Å². The van der Waals surface area contributed by atoms with E-state index < -0.39 is 0 Å². The smallest absolute Gasteiger partial charge is 0.0346 e. The van der Waals surface area contributed by atoms with Crippen LogP contribution in [-0.4, -0.2) is 7.05 Å². The summed E-state index contributed by atoms with van der Waals surface area (Å²) in [7, 11) is 2.13. The van der Waals surface area contributed by atoms with Crippen LogP contribution < -0.4 is 5.32 Å². The zero-order valence-electron chi connectivity index (χ0n) is 13.5. The van der Waals surface area contributed by atoms with Crippen LogP contribution >= 0.6 is 0 Å². The predicted octanol–water partition coefficient (Wildman–Crippen LogP) is 5.12. The van der Waals surface area contributed by atoms with Gasteiger partial charge in [-0.1, -0.05) is 63.8 Å². The van der Waals surface area contributed by atoms with Gasteiger partial charge >= 0.3 is 0 Å². The molecule has 0 aromatic heterocycles. The summed E-state index contributed by atoms with van der Waals surface area (Å²) in [6.07, 6.45) is 9.65. The SMILES string of the molecule is CNC(c1cccc(CC(C)C)c1)C1CCCCCC1. The molecule has 0 radical (unpaired) electrons. The van der Waals surface area contributed by atoms with Gasteiger partial charge in [0.1, 0.15) is 0 Å². The van der Waals surface area contributed by atoms with Crippen LogP contribution in [-0.2, 0) is 6.42 Å². The molecular weight excluding hydrogens is 242 g/mol. The van der Waals surface area contributed by atoms with Crippen molar-refractivity contribution in [1.82, 2.24) is 5.32 Å². The number of nitrogens with one attached hydrogen (secondary N) is 1. The van der Waals surface area contributed by atoms with Crippen LogP contribution in [0.25, 0.3) is 0 Å². The van der Waals surface area contributed by atoms with E-state index >= 15 is 0 Å². The minimum atomic E-state index is 0.542. The number of hydrogen-bond donors (Lipinski definition) is 1. The Morgan fingerprint density at radius 1 is 1.10 bits per heavy atom. The summed E-state index contributed by atoms with van der Waals surface area (Å²) in [5.74, 6) is 1.55. The van der Waals surface area contributed by atoms with Gasteiger partial charge in [-0.25, -0.2) is 0 Å². The third-order valence-electron chi connectivity index (χ3n) is 4.64. The third kappa shape index (κ3) is 4.34. The van der Waals surface area contributed by atoms with Crippen molar-refractivity contribution >= 4 is 0 Å². The van der Waals surface area contributed by atoms with Crippen LogP contribution in [0.2, 0.25) is 0 Å². The molecule has 0 heterocycles. The lowest BCUT2D eigenvalue weighted by atomic mass is 9.86. The molecule has 0 amide bonds. The van der Waals surface area contributed by atoms with E-state index in [9.17, 15) is 0 Å². The molecule has 1 unspecified atom stereocenters. The molecule has 1 heteroatoms. The Labute approximate surface area is 125 Å². The van der Waals surface area contributed by atoms with Gasteiger partial charge in [-0.2, -0.15) is 0 Å². The Morgan fingerprint density at radius 3 is 2.40 bits per heavy atom. The Morgan fingerprint density at radius 2 is 1.80 bits per heavy atom. The first-order chi connectivity index (χ1) is 9.70.